The lowest BCUT2D eigenvalue weighted by Gasteiger charge is -2.16. The Labute approximate surface area is 97.9 Å². The molecule has 2 heteroatoms. The molecule has 0 aromatic heterocycles. The van der Waals surface area contributed by atoms with Crippen molar-refractivity contribution >= 4 is 0 Å². The molecule has 1 heterocycles. The zero-order valence-corrected chi connectivity index (χ0v) is 9.97. The fourth-order valence-electron chi connectivity index (χ4n) is 2.40. The van der Waals surface area contributed by atoms with Gasteiger partial charge < -0.3 is 10.0 Å². The zero-order valence-electron chi connectivity index (χ0n) is 9.97. The molecule has 0 spiro atoms. The third kappa shape index (κ3) is 3.06. The van der Waals surface area contributed by atoms with Crippen LogP contribution in [0.15, 0.2) is 30.3 Å². The number of aliphatic hydroxyl groups is 1. The van der Waals surface area contributed by atoms with Crippen LogP contribution >= 0.6 is 0 Å². The summed E-state index contributed by atoms with van der Waals surface area (Å²) in [6, 6.07) is 10.8. The maximum absolute atomic E-state index is 9.27. The standard InChI is InChI=1S/C14H21NO/c1-12(16)7-9-15-10-8-14(11-15)13-5-3-2-4-6-13/h2-6,12,14,16H,7-11H2,1H3. The van der Waals surface area contributed by atoms with Crippen LogP contribution in [0, 0.1) is 0 Å². The summed E-state index contributed by atoms with van der Waals surface area (Å²) in [5.74, 6) is 0.690. The molecule has 0 radical (unpaired) electrons. The fourth-order valence-corrected chi connectivity index (χ4v) is 2.40. The zero-order chi connectivity index (χ0) is 11.4. The van der Waals surface area contributed by atoms with Crippen LogP contribution in [0.1, 0.15) is 31.2 Å². The fraction of sp³-hybridized carbons (Fsp3) is 0.571. The van der Waals surface area contributed by atoms with Gasteiger partial charge in [0.2, 0.25) is 0 Å². The van der Waals surface area contributed by atoms with E-state index >= 15 is 0 Å². The molecule has 1 aromatic carbocycles. The summed E-state index contributed by atoms with van der Waals surface area (Å²) in [6.45, 7) is 5.22. The highest BCUT2D eigenvalue weighted by molar-refractivity contribution is 5.20. The minimum Gasteiger partial charge on any atom is -0.393 e. The van der Waals surface area contributed by atoms with Crippen molar-refractivity contribution in [1.82, 2.24) is 4.90 Å². The van der Waals surface area contributed by atoms with E-state index in [1.165, 1.54) is 18.5 Å². The summed E-state index contributed by atoms with van der Waals surface area (Å²) in [6.07, 6.45) is 1.97. The van der Waals surface area contributed by atoms with Gasteiger partial charge in [-0.05, 0) is 37.8 Å². The molecule has 2 nitrogen and oxygen atoms in total. The Hall–Kier alpha value is -0.860. The average Bonchev–Trinajstić information content (AvgIpc) is 2.76. The summed E-state index contributed by atoms with van der Waals surface area (Å²) in [5, 5.41) is 9.27. The summed E-state index contributed by atoms with van der Waals surface area (Å²) in [5.41, 5.74) is 1.46. The van der Waals surface area contributed by atoms with Crippen LogP contribution in [-0.4, -0.2) is 35.7 Å². The first kappa shape index (κ1) is 11.6. The van der Waals surface area contributed by atoms with Gasteiger partial charge in [0.1, 0.15) is 0 Å². The van der Waals surface area contributed by atoms with Crippen molar-refractivity contribution in [2.45, 2.75) is 31.8 Å². The molecule has 1 N–H and O–H groups in total. The molecule has 0 amide bonds. The predicted octanol–water partition coefficient (Wildman–Crippen LogP) is 2.25. The Bertz CT molecular complexity index is 310. The normalized spacial score (nSPS) is 23.5. The Balaban J connectivity index is 1.84. The molecule has 1 aromatic rings. The first-order valence-electron chi connectivity index (χ1n) is 6.21. The third-order valence-corrected chi connectivity index (χ3v) is 3.41. The number of benzene rings is 1. The van der Waals surface area contributed by atoms with E-state index in [2.05, 4.69) is 35.2 Å². The summed E-state index contributed by atoms with van der Waals surface area (Å²) < 4.78 is 0. The lowest BCUT2D eigenvalue weighted by atomic mass is 9.99. The van der Waals surface area contributed by atoms with Gasteiger partial charge in [-0.15, -0.1) is 0 Å². The van der Waals surface area contributed by atoms with Crippen LogP contribution in [0.3, 0.4) is 0 Å². The van der Waals surface area contributed by atoms with E-state index in [1.54, 1.807) is 0 Å². The SMILES string of the molecule is CC(O)CCN1CCC(c2ccccc2)C1. The molecule has 1 saturated heterocycles. The molecule has 1 fully saturated rings. The van der Waals surface area contributed by atoms with E-state index in [1.807, 2.05) is 6.92 Å². The van der Waals surface area contributed by atoms with Gasteiger partial charge >= 0.3 is 0 Å². The number of nitrogens with zero attached hydrogens (tertiary/aromatic N) is 1. The second-order valence-corrected chi connectivity index (χ2v) is 4.83. The Morgan fingerprint density at radius 3 is 2.81 bits per heavy atom. The molecule has 0 bridgehead atoms. The van der Waals surface area contributed by atoms with Gasteiger partial charge in [0.25, 0.3) is 0 Å². The molecular formula is C14H21NO. The molecule has 1 aliphatic rings. The van der Waals surface area contributed by atoms with E-state index in [9.17, 15) is 5.11 Å². The molecule has 0 saturated carbocycles. The van der Waals surface area contributed by atoms with Crippen LogP contribution < -0.4 is 0 Å². The highest BCUT2D eigenvalue weighted by Gasteiger charge is 2.23. The van der Waals surface area contributed by atoms with Crippen molar-refractivity contribution in [3.63, 3.8) is 0 Å². The third-order valence-electron chi connectivity index (χ3n) is 3.41. The second-order valence-electron chi connectivity index (χ2n) is 4.83. The van der Waals surface area contributed by atoms with Crippen molar-refractivity contribution in [2.24, 2.45) is 0 Å². The van der Waals surface area contributed by atoms with Gasteiger partial charge in [0, 0.05) is 13.1 Å². The van der Waals surface area contributed by atoms with E-state index in [0.717, 1.165) is 19.5 Å². The molecule has 1 aliphatic heterocycles. The van der Waals surface area contributed by atoms with Gasteiger partial charge in [0.15, 0.2) is 0 Å². The number of hydrogen-bond donors (Lipinski definition) is 1. The number of aliphatic hydroxyl groups excluding tert-OH is 1. The minimum atomic E-state index is -0.171. The maximum Gasteiger partial charge on any atom is 0.0524 e. The van der Waals surface area contributed by atoms with Gasteiger partial charge in [0.05, 0.1) is 6.10 Å². The Kier molecular flexibility index (Phi) is 3.97. The van der Waals surface area contributed by atoms with Crippen molar-refractivity contribution < 1.29 is 5.11 Å². The van der Waals surface area contributed by atoms with Crippen LogP contribution in [-0.2, 0) is 0 Å². The number of hydrogen-bond acceptors (Lipinski definition) is 2. The number of likely N-dealkylation sites (tertiary alicyclic amines) is 1. The smallest absolute Gasteiger partial charge is 0.0524 e. The highest BCUT2D eigenvalue weighted by Crippen LogP contribution is 2.26. The van der Waals surface area contributed by atoms with Crippen molar-refractivity contribution in [3.05, 3.63) is 35.9 Å². The molecule has 2 atom stereocenters. The van der Waals surface area contributed by atoms with Crippen LogP contribution in [0.4, 0.5) is 0 Å². The first-order valence-corrected chi connectivity index (χ1v) is 6.21. The lowest BCUT2D eigenvalue weighted by Crippen LogP contribution is -2.24. The quantitative estimate of drug-likeness (QED) is 0.839. The first-order chi connectivity index (χ1) is 7.75. The van der Waals surface area contributed by atoms with Crippen molar-refractivity contribution in [1.29, 1.82) is 0 Å². The van der Waals surface area contributed by atoms with E-state index in [0.29, 0.717) is 5.92 Å². The number of rotatable bonds is 4. The lowest BCUT2D eigenvalue weighted by molar-refractivity contribution is 0.164. The Morgan fingerprint density at radius 1 is 1.38 bits per heavy atom. The molecule has 0 aliphatic carbocycles. The second kappa shape index (κ2) is 5.46. The predicted molar refractivity (Wildman–Crippen MR) is 66.5 cm³/mol. The average molecular weight is 219 g/mol. The van der Waals surface area contributed by atoms with Gasteiger partial charge in [-0.25, -0.2) is 0 Å². The van der Waals surface area contributed by atoms with Crippen LogP contribution in [0.25, 0.3) is 0 Å². The molecule has 2 unspecified atom stereocenters. The largest absolute Gasteiger partial charge is 0.393 e. The molecule has 16 heavy (non-hydrogen) atoms. The van der Waals surface area contributed by atoms with E-state index < -0.39 is 0 Å². The maximum atomic E-state index is 9.27. The van der Waals surface area contributed by atoms with E-state index in [-0.39, 0.29) is 6.10 Å². The molecule has 2 rings (SSSR count). The highest BCUT2D eigenvalue weighted by atomic mass is 16.3. The molecular weight excluding hydrogens is 198 g/mol. The van der Waals surface area contributed by atoms with Gasteiger partial charge in [-0.3, -0.25) is 0 Å². The summed E-state index contributed by atoms with van der Waals surface area (Å²) in [4.78, 5) is 2.46. The van der Waals surface area contributed by atoms with Gasteiger partial charge in [-0.1, -0.05) is 30.3 Å². The molecule has 88 valence electrons. The topological polar surface area (TPSA) is 23.5 Å². The van der Waals surface area contributed by atoms with Crippen molar-refractivity contribution in [3.8, 4) is 0 Å². The summed E-state index contributed by atoms with van der Waals surface area (Å²) in [7, 11) is 0. The Morgan fingerprint density at radius 2 is 2.12 bits per heavy atom. The monoisotopic (exact) mass is 219 g/mol. The summed E-state index contributed by atoms with van der Waals surface area (Å²) >= 11 is 0. The minimum absolute atomic E-state index is 0.171. The van der Waals surface area contributed by atoms with Gasteiger partial charge in [-0.2, -0.15) is 0 Å². The van der Waals surface area contributed by atoms with E-state index in [4.69, 9.17) is 0 Å². The van der Waals surface area contributed by atoms with Crippen LogP contribution in [0.2, 0.25) is 0 Å². The van der Waals surface area contributed by atoms with Crippen molar-refractivity contribution in [2.75, 3.05) is 19.6 Å². The van der Waals surface area contributed by atoms with Crippen LogP contribution in [0.5, 0.6) is 0 Å².